The number of hydrogen-bond acceptors (Lipinski definition) is 4. The number of aryl methyl sites for hydroxylation is 2. The number of amides is 1. The minimum Gasteiger partial charge on any atom is -0.483 e. The number of anilines is 1. The molecule has 1 aliphatic rings. The molecule has 30 heavy (non-hydrogen) atoms. The number of ether oxygens (including phenoxy) is 1. The van der Waals surface area contributed by atoms with Crippen LogP contribution in [0.25, 0.3) is 0 Å². The smallest absolute Gasteiger partial charge is 0.262 e. The monoisotopic (exact) mass is 430 g/mol. The van der Waals surface area contributed by atoms with Gasteiger partial charge in [-0.3, -0.25) is 4.79 Å². The van der Waals surface area contributed by atoms with E-state index in [1.54, 1.807) is 19.2 Å². The third-order valence-corrected chi connectivity index (χ3v) is 7.58. The first kappa shape index (κ1) is 22.3. The van der Waals surface area contributed by atoms with Crippen LogP contribution in [0.5, 0.6) is 5.75 Å². The molecule has 162 valence electrons. The van der Waals surface area contributed by atoms with Gasteiger partial charge in [-0.1, -0.05) is 37.5 Å². The molecule has 1 N–H and O–H groups in total. The summed E-state index contributed by atoms with van der Waals surface area (Å²) in [6, 6.07) is 12.2. The minimum atomic E-state index is -3.54. The van der Waals surface area contributed by atoms with Gasteiger partial charge in [0.2, 0.25) is 10.0 Å². The van der Waals surface area contributed by atoms with Gasteiger partial charge in [0.1, 0.15) is 5.75 Å². The summed E-state index contributed by atoms with van der Waals surface area (Å²) in [5.74, 6) is 0.410. The van der Waals surface area contributed by atoms with Gasteiger partial charge in [-0.15, -0.1) is 0 Å². The first-order chi connectivity index (χ1) is 14.3. The molecule has 3 rings (SSSR count). The molecular formula is C23H30N2O4S. The van der Waals surface area contributed by atoms with Crippen molar-refractivity contribution in [2.24, 2.45) is 0 Å². The van der Waals surface area contributed by atoms with Crippen LogP contribution in [-0.2, 0) is 14.8 Å². The highest BCUT2D eigenvalue weighted by Gasteiger charge is 2.28. The normalized spacial score (nSPS) is 15.2. The van der Waals surface area contributed by atoms with Crippen molar-refractivity contribution in [3.05, 3.63) is 53.6 Å². The zero-order valence-electron chi connectivity index (χ0n) is 17.8. The van der Waals surface area contributed by atoms with E-state index >= 15 is 0 Å². The number of carbonyl (C=O) groups excluding carboxylic acids is 1. The first-order valence-electron chi connectivity index (χ1n) is 10.4. The van der Waals surface area contributed by atoms with Crippen LogP contribution in [0.2, 0.25) is 0 Å². The number of hydrogen-bond donors (Lipinski definition) is 1. The predicted molar refractivity (Wildman–Crippen MR) is 118 cm³/mol. The lowest BCUT2D eigenvalue weighted by atomic mass is 9.96. The number of rotatable bonds is 7. The molecule has 0 spiro atoms. The van der Waals surface area contributed by atoms with Crippen LogP contribution in [0.15, 0.2) is 47.4 Å². The maximum atomic E-state index is 12.9. The van der Waals surface area contributed by atoms with Gasteiger partial charge in [0.25, 0.3) is 5.91 Å². The second kappa shape index (κ2) is 9.62. The molecule has 1 fully saturated rings. The lowest BCUT2D eigenvalue weighted by Crippen LogP contribution is -2.38. The maximum Gasteiger partial charge on any atom is 0.262 e. The molecular weight excluding hydrogens is 400 g/mol. The van der Waals surface area contributed by atoms with Gasteiger partial charge >= 0.3 is 0 Å². The number of carbonyl (C=O) groups is 1. The van der Waals surface area contributed by atoms with Crippen molar-refractivity contribution >= 4 is 21.6 Å². The Morgan fingerprint density at radius 3 is 2.23 bits per heavy atom. The summed E-state index contributed by atoms with van der Waals surface area (Å²) >= 11 is 0. The SMILES string of the molecule is Cc1cccc(C)c1OCC(=O)Nc1ccc(S(=O)(=O)N(C)C2CCCCC2)cc1. The molecule has 0 atom stereocenters. The van der Waals surface area contributed by atoms with Crippen LogP contribution >= 0.6 is 0 Å². The van der Waals surface area contributed by atoms with Crippen LogP contribution in [0.1, 0.15) is 43.2 Å². The average Bonchev–Trinajstić information content (AvgIpc) is 2.74. The molecule has 0 saturated heterocycles. The van der Waals surface area contributed by atoms with Gasteiger partial charge in [-0.05, 0) is 62.1 Å². The Labute approximate surface area is 179 Å². The van der Waals surface area contributed by atoms with Gasteiger partial charge < -0.3 is 10.1 Å². The third-order valence-electron chi connectivity index (χ3n) is 5.66. The number of benzene rings is 2. The summed E-state index contributed by atoms with van der Waals surface area (Å²) in [5, 5.41) is 2.75. The standard InChI is InChI=1S/C23H30N2O4S/c1-17-8-7-9-18(2)23(17)29-16-22(26)24-19-12-14-21(15-13-19)30(27,28)25(3)20-10-5-4-6-11-20/h7-9,12-15,20H,4-6,10-11,16H2,1-3H3,(H,24,26). The van der Waals surface area contributed by atoms with E-state index in [-0.39, 0.29) is 23.5 Å². The maximum absolute atomic E-state index is 12.9. The highest BCUT2D eigenvalue weighted by Crippen LogP contribution is 2.27. The molecule has 0 aromatic heterocycles. The van der Waals surface area contributed by atoms with E-state index in [1.165, 1.54) is 22.9 Å². The lowest BCUT2D eigenvalue weighted by Gasteiger charge is -2.30. The number of para-hydroxylation sites is 1. The second-order valence-corrected chi connectivity index (χ2v) is 9.89. The van der Waals surface area contributed by atoms with E-state index in [0.717, 1.165) is 36.8 Å². The van der Waals surface area contributed by atoms with Crippen molar-refractivity contribution in [3.63, 3.8) is 0 Å². The van der Waals surface area contributed by atoms with E-state index < -0.39 is 10.0 Å². The van der Waals surface area contributed by atoms with E-state index in [4.69, 9.17) is 4.74 Å². The zero-order valence-corrected chi connectivity index (χ0v) is 18.7. The summed E-state index contributed by atoms with van der Waals surface area (Å²) in [7, 11) is -1.89. The molecule has 0 heterocycles. The highest BCUT2D eigenvalue weighted by molar-refractivity contribution is 7.89. The van der Waals surface area contributed by atoms with Crippen LogP contribution in [0.4, 0.5) is 5.69 Å². The Balaban J connectivity index is 1.60. The van der Waals surface area contributed by atoms with Crippen LogP contribution in [-0.4, -0.2) is 38.3 Å². The van der Waals surface area contributed by atoms with Gasteiger partial charge in [-0.2, -0.15) is 4.31 Å². The topological polar surface area (TPSA) is 75.7 Å². The molecule has 0 unspecified atom stereocenters. The van der Waals surface area contributed by atoms with Crippen molar-refractivity contribution in [3.8, 4) is 5.75 Å². The Kier molecular flexibility index (Phi) is 7.15. The molecule has 1 aliphatic carbocycles. The minimum absolute atomic E-state index is 0.0604. The van der Waals surface area contributed by atoms with Crippen molar-refractivity contribution < 1.29 is 17.9 Å². The fourth-order valence-electron chi connectivity index (χ4n) is 3.88. The molecule has 0 bridgehead atoms. The van der Waals surface area contributed by atoms with Gasteiger partial charge in [-0.25, -0.2) is 8.42 Å². The third kappa shape index (κ3) is 5.21. The summed E-state index contributed by atoms with van der Waals surface area (Å²) in [4.78, 5) is 12.5. The molecule has 1 saturated carbocycles. The summed E-state index contributed by atoms with van der Waals surface area (Å²) in [6.45, 7) is 3.75. The van der Waals surface area contributed by atoms with Gasteiger partial charge in [0.05, 0.1) is 4.90 Å². The quantitative estimate of drug-likeness (QED) is 0.712. The molecule has 2 aromatic carbocycles. The molecule has 0 aliphatic heterocycles. The molecule has 2 aromatic rings. The number of nitrogens with one attached hydrogen (secondary N) is 1. The second-order valence-electron chi connectivity index (χ2n) is 7.90. The highest BCUT2D eigenvalue weighted by atomic mass is 32.2. The van der Waals surface area contributed by atoms with Gasteiger partial charge in [0.15, 0.2) is 6.61 Å². The van der Waals surface area contributed by atoms with Crippen LogP contribution < -0.4 is 10.1 Å². The van der Waals surface area contributed by atoms with Crippen molar-refractivity contribution in [1.82, 2.24) is 4.31 Å². The van der Waals surface area contributed by atoms with E-state index in [9.17, 15) is 13.2 Å². The average molecular weight is 431 g/mol. The molecule has 0 radical (unpaired) electrons. The Morgan fingerprint density at radius 2 is 1.63 bits per heavy atom. The van der Waals surface area contributed by atoms with E-state index in [2.05, 4.69) is 5.32 Å². The Morgan fingerprint density at radius 1 is 1.03 bits per heavy atom. The number of nitrogens with zero attached hydrogens (tertiary/aromatic N) is 1. The van der Waals surface area contributed by atoms with Crippen molar-refractivity contribution in [2.75, 3.05) is 19.0 Å². The van der Waals surface area contributed by atoms with Crippen LogP contribution in [0.3, 0.4) is 0 Å². The van der Waals surface area contributed by atoms with Crippen molar-refractivity contribution in [1.29, 1.82) is 0 Å². The Bertz CT molecular complexity index is 961. The summed E-state index contributed by atoms with van der Waals surface area (Å²) < 4.78 is 33.0. The summed E-state index contributed by atoms with van der Waals surface area (Å²) in [5.41, 5.74) is 2.48. The zero-order chi connectivity index (χ0) is 21.7. The first-order valence-corrected chi connectivity index (χ1v) is 11.8. The predicted octanol–water partition coefficient (Wildman–Crippen LogP) is 4.27. The largest absolute Gasteiger partial charge is 0.483 e. The lowest BCUT2D eigenvalue weighted by molar-refractivity contribution is -0.118. The summed E-state index contributed by atoms with van der Waals surface area (Å²) in [6.07, 6.45) is 5.12. The fraction of sp³-hybridized carbons (Fsp3) is 0.435. The molecule has 1 amide bonds. The molecule has 7 heteroatoms. The van der Waals surface area contributed by atoms with Crippen LogP contribution in [0, 0.1) is 13.8 Å². The Hall–Kier alpha value is -2.38. The number of sulfonamides is 1. The molecule has 6 nitrogen and oxygen atoms in total. The van der Waals surface area contributed by atoms with E-state index in [0.29, 0.717) is 11.4 Å². The van der Waals surface area contributed by atoms with E-state index in [1.807, 2.05) is 32.0 Å². The van der Waals surface area contributed by atoms with Crippen molar-refractivity contribution in [2.45, 2.75) is 56.9 Å². The fourth-order valence-corrected chi connectivity index (χ4v) is 5.29. The van der Waals surface area contributed by atoms with Gasteiger partial charge in [0, 0.05) is 18.8 Å².